The van der Waals surface area contributed by atoms with Crippen LogP contribution in [0.15, 0.2) is 53.4 Å². The van der Waals surface area contributed by atoms with Crippen LogP contribution < -0.4 is 4.90 Å². The lowest BCUT2D eigenvalue weighted by Gasteiger charge is -2.14. The molecule has 0 saturated carbocycles. The average Bonchev–Trinajstić information content (AvgIpc) is 2.83. The minimum Gasteiger partial charge on any atom is -0.268 e. The Morgan fingerprint density at radius 3 is 2.33 bits per heavy atom. The van der Waals surface area contributed by atoms with E-state index < -0.39 is 4.92 Å². The standard InChI is InChI=1S/C17H12N2O3S2/c1-11-2-6-13(7-3-11)18-16(20)15(24-17(18)23)10-12-4-8-14(9-5-12)19(21)22/h2-10H,1H3. The third-order valence-corrected chi connectivity index (χ3v) is 4.79. The summed E-state index contributed by atoms with van der Waals surface area (Å²) in [6.45, 7) is 1.97. The summed E-state index contributed by atoms with van der Waals surface area (Å²) < 4.78 is 0.469. The molecule has 0 aliphatic carbocycles. The molecule has 0 bridgehead atoms. The van der Waals surface area contributed by atoms with Crippen molar-refractivity contribution in [1.82, 2.24) is 0 Å². The molecule has 0 radical (unpaired) electrons. The van der Waals surface area contributed by atoms with Crippen LogP contribution >= 0.6 is 24.0 Å². The number of rotatable bonds is 3. The molecule has 0 unspecified atom stereocenters. The molecule has 1 amide bonds. The Balaban J connectivity index is 1.87. The molecule has 1 fully saturated rings. The quantitative estimate of drug-likeness (QED) is 0.355. The predicted octanol–water partition coefficient (Wildman–Crippen LogP) is 4.31. The summed E-state index contributed by atoms with van der Waals surface area (Å²) in [6.07, 6.45) is 1.69. The molecule has 0 atom stereocenters. The maximum atomic E-state index is 12.6. The fourth-order valence-corrected chi connectivity index (χ4v) is 3.53. The number of thiocarbonyl (C=S) groups is 1. The molecular formula is C17H12N2O3S2. The van der Waals surface area contributed by atoms with Crippen molar-refractivity contribution in [1.29, 1.82) is 0 Å². The highest BCUT2D eigenvalue weighted by molar-refractivity contribution is 8.27. The summed E-state index contributed by atoms with van der Waals surface area (Å²) in [5.41, 5.74) is 2.56. The van der Waals surface area contributed by atoms with Crippen molar-refractivity contribution in [3.05, 3.63) is 74.7 Å². The number of carbonyl (C=O) groups excluding carboxylic acids is 1. The molecule has 2 aromatic carbocycles. The van der Waals surface area contributed by atoms with E-state index in [-0.39, 0.29) is 11.6 Å². The largest absolute Gasteiger partial charge is 0.270 e. The Hall–Kier alpha value is -2.51. The van der Waals surface area contributed by atoms with Crippen molar-refractivity contribution in [2.45, 2.75) is 6.92 Å². The molecule has 0 aromatic heterocycles. The van der Waals surface area contributed by atoms with Gasteiger partial charge in [-0.2, -0.15) is 0 Å². The molecule has 24 heavy (non-hydrogen) atoms. The van der Waals surface area contributed by atoms with E-state index in [1.165, 1.54) is 28.8 Å². The second-order valence-corrected chi connectivity index (χ2v) is 6.88. The fourth-order valence-electron chi connectivity index (χ4n) is 2.23. The molecule has 2 aromatic rings. The van der Waals surface area contributed by atoms with E-state index in [9.17, 15) is 14.9 Å². The van der Waals surface area contributed by atoms with Gasteiger partial charge in [-0.3, -0.25) is 19.8 Å². The molecule has 0 spiro atoms. The van der Waals surface area contributed by atoms with Crippen molar-refractivity contribution >= 4 is 51.7 Å². The smallest absolute Gasteiger partial charge is 0.268 e. The van der Waals surface area contributed by atoms with E-state index in [4.69, 9.17) is 12.2 Å². The zero-order chi connectivity index (χ0) is 17.3. The summed E-state index contributed by atoms with van der Waals surface area (Å²) in [4.78, 5) is 24.8. The van der Waals surface area contributed by atoms with E-state index in [0.29, 0.717) is 14.8 Å². The first-order valence-corrected chi connectivity index (χ1v) is 8.27. The number of carbonyl (C=O) groups is 1. The van der Waals surface area contributed by atoms with Crippen LogP contribution in [0.5, 0.6) is 0 Å². The van der Waals surface area contributed by atoms with Gasteiger partial charge in [0, 0.05) is 12.1 Å². The summed E-state index contributed by atoms with van der Waals surface area (Å²) >= 11 is 6.54. The van der Waals surface area contributed by atoms with Crippen molar-refractivity contribution in [3.8, 4) is 0 Å². The van der Waals surface area contributed by atoms with Crippen LogP contribution in [-0.2, 0) is 4.79 Å². The number of nitro benzene ring substituents is 1. The summed E-state index contributed by atoms with van der Waals surface area (Å²) in [6, 6.07) is 13.6. The number of nitro groups is 1. The number of benzene rings is 2. The van der Waals surface area contributed by atoms with E-state index >= 15 is 0 Å². The first-order chi connectivity index (χ1) is 11.5. The Morgan fingerprint density at radius 2 is 1.75 bits per heavy atom. The third kappa shape index (κ3) is 3.22. The fraction of sp³-hybridized carbons (Fsp3) is 0.0588. The van der Waals surface area contributed by atoms with Crippen molar-refractivity contribution in [2.24, 2.45) is 0 Å². The van der Waals surface area contributed by atoms with Gasteiger partial charge in [0.2, 0.25) is 0 Å². The van der Waals surface area contributed by atoms with Crippen LogP contribution in [0.2, 0.25) is 0 Å². The van der Waals surface area contributed by atoms with E-state index in [1.807, 2.05) is 31.2 Å². The number of hydrogen-bond acceptors (Lipinski definition) is 5. The SMILES string of the molecule is Cc1ccc(N2C(=O)C(=Cc3ccc([N+](=O)[O-])cc3)SC2=S)cc1. The molecule has 1 aliphatic rings. The van der Waals surface area contributed by atoms with Gasteiger partial charge in [0.15, 0.2) is 4.32 Å². The van der Waals surface area contributed by atoms with Gasteiger partial charge in [-0.1, -0.05) is 41.7 Å². The number of nitrogens with zero attached hydrogens (tertiary/aromatic N) is 2. The Labute approximate surface area is 148 Å². The lowest BCUT2D eigenvalue weighted by molar-refractivity contribution is -0.384. The normalized spacial score (nSPS) is 16.0. The van der Waals surface area contributed by atoms with Gasteiger partial charge in [0.25, 0.3) is 11.6 Å². The van der Waals surface area contributed by atoms with Crippen LogP contribution in [0, 0.1) is 17.0 Å². The number of aryl methyl sites for hydroxylation is 1. The molecule has 120 valence electrons. The van der Waals surface area contributed by atoms with E-state index in [1.54, 1.807) is 18.2 Å². The van der Waals surface area contributed by atoms with Crippen LogP contribution in [0.4, 0.5) is 11.4 Å². The first kappa shape index (κ1) is 16.4. The predicted molar refractivity (Wildman–Crippen MR) is 99.9 cm³/mol. The topological polar surface area (TPSA) is 63.5 Å². The maximum Gasteiger partial charge on any atom is 0.270 e. The summed E-state index contributed by atoms with van der Waals surface area (Å²) in [5.74, 6) is -0.188. The molecule has 1 heterocycles. The number of thioether (sulfide) groups is 1. The Kier molecular flexibility index (Phi) is 4.46. The lowest BCUT2D eigenvalue weighted by Crippen LogP contribution is -2.27. The van der Waals surface area contributed by atoms with Crippen LogP contribution in [0.25, 0.3) is 6.08 Å². The van der Waals surface area contributed by atoms with E-state index in [2.05, 4.69) is 0 Å². The molecule has 7 heteroatoms. The third-order valence-electron chi connectivity index (χ3n) is 3.49. The summed E-state index contributed by atoms with van der Waals surface area (Å²) in [5, 5.41) is 10.7. The van der Waals surface area contributed by atoms with Crippen LogP contribution in [0.1, 0.15) is 11.1 Å². The molecule has 0 N–H and O–H groups in total. The zero-order valence-corrected chi connectivity index (χ0v) is 14.3. The highest BCUT2D eigenvalue weighted by Gasteiger charge is 2.33. The first-order valence-electron chi connectivity index (χ1n) is 7.05. The van der Waals surface area contributed by atoms with Crippen molar-refractivity contribution in [3.63, 3.8) is 0 Å². The highest BCUT2D eigenvalue weighted by Crippen LogP contribution is 2.36. The molecule has 5 nitrogen and oxygen atoms in total. The molecule has 3 rings (SSSR count). The van der Waals surface area contributed by atoms with Crippen LogP contribution in [0.3, 0.4) is 0 Å². The second-order valence-electron chi connectivity index (χ2n) is 5.20. The minimum absolute atomic E-state index is 0.0133. The number of hydrogen-bond donors (Lipinski definition) is 0. The number of non-ortho nitro benzene ring substituents is 1. The van der Waals surface area contributed by atoms with Crippen LogP contribution in [-0.4, -0.2) is 15.2 Å². The second kappa shape index (κ2) is 6.54. The number of anilines is 1. The number of amides is 1. The van der Waals surface area contributed by atoms with Crippen molar-refractivity contribution < 1.29 is 9.72 Å². The van der Waals surface area contributed by atoms with Gasteiger partial charge in [0.1, 0.15) is 0 Å². The monoisotopic (exact) mass is 356 g/mol. The zero-order valence-electron chi connectivity index (χ0n) is 12.6. The summed E-state index contributed by atoms with van der Waals surface area (Å²) in [7, 11) is 0. The Morgan fingerprint density at radius 1 is 1.12 bits per heavy atom. The molecule has 1 aliphatic heterocycles. The van der Waals surface area contributed by atoms with Gasteiger partial charge in [0.05, 0.1) is 15.5 Å². The minimum atomic E-state index is -0.458. The average molecular weight is 356 g/mol. The lowest BCUT2D eigenvalue weighted by atomic mass is 10.2. The highest BCUT2D eigenvalue weighted by atomic mass is 32.2. The maximum absolute atomic E-state index is 12.6. The van der Waals surface area contributed by atoms with Gasteiger partial charge < -0.3 is 0 Å². The van der Waals surface area contributed by atoms with Gasteiger partial charge in [-0.05, 0) is 42.8 Å². The molecular weight excluding hydrogens is 344 g/mol. The van der Waals surface area contributed by atoms with Gasteiger partial charge in [-0.15, -0.1) is 0 Å². The van der Waals surface area contributed by atoms with E-state index in [0.717, 1.165) is 11.3 Å². The molecule has 1 saturated heterocycles. The van der Waals surface area contributed by atoms with Gasteiger partial charge in [-0.25, -0.2) is 0 Å². The van der Waals surface area contributed by atoms with Gasteiger partial charge >= 0.3 is 0 Å². The van der Waals surface area contributed by atoms with Crippen molar-refractivity contribution in [2.75, 3.05) is 4.90 Å². The Bertz CT molecular complexity index is 858.